The van der Waals surface area contributed by atoms with Crippen LogP contribution < -0.4 is 10.0 Å². The minimum Gasteiger partial charge on any atom is -0.366 e. The molecule has 0 saturated carbocycles. The van der Waals surface area contributed by atoms with Crippen LogP contribution in [0.3, 0.4) is 0 Å². The molecule has 24 heavy (non-hydrogen) atoms. The Kier molecular flexibility index (Phi) is 4.59. The maximum absolute atomic E-state index is 11.6. The summed E-state index contributed by atoms with van der Waals surface area (Å²) in [5.74, 6) is 0.615. The molecule has 3 aromatic rings. The number of hydrogen-bond donors (Lipinski definition) is 2. The van der Waals surface area contributed by atoms with Crippen LogP contribution in [0, 0.1) is 0 Å². The van der Waals surface area contributed by atoms with Crippen molar-refractivity contribution in [3.63, 3.8) is 0 Å². The molecule has 0 radical (unpaired) electrons. The number of pyridine rings is 1. The lowest BCUT2D eigenvalue weighted by molar-refractivity contribution is 0.588. The molecule has 3 rings (SSSR count). The van der Waals surface area contributed by atoms with E-state index in [4.69, 9.17) is 0 Å². The Morgan fingerprint density at radius 2 is 1.92 bits per heavy atom. The smallest absolute Gasteiger partial charge is 0.241 e. The number of rotatable bonds is 6. The van der Waals surface area contributed by atoms with Gasteiger partial charge < -0.3 is 9.88 Å². The van der Waals surface area contributed by atoms with E-state index in [0.717, 1.165) is 11.3 Å². The molecule has 2 N–H and O–H groups in total. The summed E-state index contributed by atoms with van der Waals surface area (Å²) in [6.07, 6.45) is 6.70. The fourth-order valence-corrected chi connectivity index (χ4v) is 2.83. The van der Waals surface area contributed by atoms with Gasteiger partial charge in [-0.1, -0.05) is 12.1 Å². The van der Waals surface area contributed by atoms with Gasteiger partial charge in [0.1, 0.15) is 10.7 Å². The zero-order valence-corrected chi connectivity index (χ0v) is 13.9. The summed E-state index contributed by atoms with van der Waals surface area (Å²) in [6, 6.07) is 11.2. The molecule has 0 amide bonds. The minimum atomic E-state index is -3.46. The van der Waals surface area contributed by atoms with Crippen LogP contribution in [0.1, 0.15) is 5.56 Å². The quantitative estimate of drug-likeness (QED) is 0.712. The topological polar surface area (TPSA) is 88.9 Å². The second-order valence-electron chi connectivity index (χ2n) is 5.08. The Labute approximate surface area is 140 Å². The van der Waals surface area contributed by atoms with Gasteiger partial charge in [0.2, 0.25) is 10.0 Å². The maximum Gasteiger partial charge on any atom is 0.241 e. The maximum atomic E-state index is 11.6. The van der Waals surface area contributed by atoms with E-state index < -0.39 is 10.0 Å². The van der Waals surface area contributed by atoms with Crippen LogP contribution >= 0.6 is 0 Å². The van der Waals surface area contributed by atoms with Gasteiger partial charge in [0.25, 0.3) is 0 Å². The molecule has 0 aliphatic rings. The molecule has 124 valence electrons. The van der Waals surface area contributed by atoms with Gasteiger partial charge in [-0.2, -0.15) is 0 Å². The molecule has 0 aliphatic heterocycles. The third-order valence-electron chi connectivity index (χ3n) is 3.53. The van der Waals surface area contributed by atoms with E-state index in [1.54, 1.807) is 18.6 Å². The van der Waals surface area contributed by atoms with E-state index in [-0.39, 0.29) is 4.90 Å². The molecule has 0 atom stereocenters. The Bertz CT molecular complexity index is 889. The van der Waals surface area contributed by atoms with Crippen LogP contribution in [-0.2, 0) is 16.6 Å². The first-order valence-electron chi connectivity index (χ1n) is 7.29. The molecule has 2 heterocycles. The first kappa shape index (κ1) is 16.2. The van der Waals surface area contributed by atoms with Crippen LogP contribution in [0.5, 0.6) is 0 Å². The van der Waals surface area contributed by atoms with Crippen LogP contribution in [0.4, 0.5) is 5.82 Å². The van der Waals surface area contributed by atoms with Crippen molar-refractivity contribution in [1.82, 2.24) is 19.3 Å². The molecular weight excluding hydrogens is 326 g/mol. The van der Waals surface area contributed by atoms with Gasteiger partial charge in [0.15, 0.2) is 0 Å². The van der Waals surface area contributed by atoms with Crippen molar-refractivity contribution >= 4 is 15.8 Å². The predicted molar refractivity (Wildman–Crippen MR) is 91.4 cm³/mol. The van der Waals surface area contributed by atoms with E-state index in [2.05, 4.69) is 20.0 Å². The molecule has 1 aromatic carbocycles. The molecule has 7 nitrogen and oxygen atoms in total. The van der Waals surface area contributed by atoms with Crippen molar-refractivity contribution in [2.24, 2.45) is 0 Å². The summed E-state index contributed by atoms with van der Waals surface area (Å²) >= 11 is 0. The lowest BCUT2D eigenvalue weighted by Crippen LogP contribution is -2.18. The van der Waals surface area contributed by atoms with E-state index >= 15 is 0 Å². The number of aromatic nitrogens is 3. The van der Waals surface area contributed by atoms with Crippen LogP contribution in [0.25, 0.3) is 5.69 Å². The largest absolute Gasteiger partial charge is 0.366 e. The highest BCUT2D eigenvalue weighted by atomic mass is 32.2. The molecule has 0 saturated heterocycles. The van der Waals surface area contributed by atoms with Gasteiger partial charge >= 0.3 is 0 Å². The van der Waals surface area contributed by atoms with Gasteiger partial charge in [-0.15, -0.1) is 0 Å². The summed E-state index contributed by atoms with van der Waals surface area (Å²) < 4.78 is 27.5. The fourth-order valence-electron chi connectivity index (χ4n) is 2.15. The molecule has 8 heteroatoms. The Hall–Kier alpha value is -2.71. The third-order valence-corrected chi connectivity index (χ3v) is 4.93. The van der Waals surface area contributed by atoms with E-state index in [1.165, 1.54) is 19.3 Å². The highest BCUT2D eigenvalue weighted by molar-refractivity contribution is 7.89. The Morgan fingerprint density at radius 1 is 1.12 bits per heavy atom. The highest BCUT2D eigenvalue weighted by Crippen LogP contribution is 2.13. The number of nitrogens with one attached hydrogen (secondary N) is 2. The standard InChI is InChI=1S/C16H17N5O2S/c1-17-24(22,23)15-6-7-16(20-11-15)19-10-13-2-4-14(5-3-13)21-9-8-18-12-21/h2-9,11-12,17H,10H2,1H3,(H,19,20). The van der Waals surface area contributed by atoms with Gasteiger partial charge in [-0.05, 0) is 36.9 Å². The zero-order chi connectivity index (χ0) is 17.0. The van der Waals surface area contributed by atoms with Crippen molar-refractivity contribution in [2.45, 2.75) is 11.4 Å². The van der Waals surface area contributed by atoms with Gasteiger partial charge in [0, 0.05) is 30.8 Å². The van der Waals surface area contributed by atoms with E-state index in [0.29, 0.717) is 12.4 Å². The number of anilines is 1. The van der Waals surface area contributed by atoms with Crippen molar-refractivity contribution in [2.75, 3.05) is 12.4 Å². The molecule has 0 fully saturated rings. The summed E-state index contributed by atoms with van der Waals surface area (Å²) in [5.41, 5.74) is 2.13. The van der Waals surface area contributed by atoms with Crippen molar-refractivity contribution in [3.05, 3.63) is 66.9 Å². The van der Waals surface area contributed by atoms with Crippen LogP contribution in [0.2, 0.25) is 0 Å². The first-order valence-corrected chi connectivity index (χ1v) is 8.77. The highest BCUT2D eigenvalue weighted by Gasteiger charge is 2.11. The normalized spacial score (nSPS) is 11.4. The lowest BCUT2D eigenvalue weighted by Gasteiger charge is -2.08. The predicted octanol–water partition coefficient (Wildman–Crippen LogP) is 1.79. The van der Waals surface area contributed by atoms with Crippen molar-refractivity contribution in [1.29, 1.82) is 0 Å². The first-order chi connectivity index (χ1) is 11.6. The summed E-state index contributed by atoms with van der Waals surface area (Å²) in [6.45, 7) is 0.593. The summed E-state index contributed by atoms with van der Waals surface area (Å²) in [4.78, 5) is 8.29. The average molecular weight is 343 g/mol. The Morgan fingerprint density at radius 3 is 2.50 bits per heavy atom. The third kappa shape index (κ3) is 3.61. The number of hydrogen-bond acceptors (Lipinski definition) is 5. The molecule has 0 aliphatic carbocycles. The molecule has 0 spiro atoms. The molecule has 0 unspecified atom stereocenters. The SMILES string of the molecule is CNS(=O)(=O)c1ccc(NCc2ccc(-n3ccnc3)cc2)nc1. The van der Waals surface area contributed by atoms with Gasteiger partial charge in [-0.3, -0.25) is 0 Å². The summed E-state index contributed by atoms with van der Waals surface area (Å²) in [7, 11) is -2.09. The fraction of sp³-hybridized carbons (Fsp3) is 0.125. The second kappa shape index (κ2) is 6.81. The minimum absolute atomic E-state index is 0.139. The van der Waals surface area contributed by atoms with Crippen molar-refractivity contribution in [3.8, 4) is 5.69 Å². The molecule has 2 aromatic heterocycles. The molecular formula is C16H17N5O2S. The monoisotopic (exact) mass is 343 g/mol. The lowest BCUT2D eigenvalue weighted by atomic mass is 10.2. The average Bonchev–Trinajstić information content (AvgIpc) is 3.15. The number of sulfonamides is 1. The summed E-state index contributed by atoms with van der Waals surface area (Å²) in [5, 5.41) is 3.17. The van der Waals surface area contributed by atoms with E-state index in [9.17, 15) is 8.42 Å². The van der Waals surface area contributed by atoms with Gasteiger partial charge in [-0.25, -0.2) is 23.1 Å². The van der Waals surface area contributed by atoms with Crippen LogP contribution in [-0.4, -0.2) is 30.0 Å². The number of benzene rings is 1. The van der Waals surface area contributed by atoms with Gasteiger partial charge in [0.05, 0.1) is 6.33 Å². The molecule has 0 bridgehead atoms. The Balaban J connectivity index is 1.63. The second-order valence-corrected chi connectivity index (χ2v) is 6.96. The van der Waals surface area contributed by atoms with Crippen molar-refractivity contribution < 1.29 is 8.42 Å². The van der Waals surface area contributed by atoms with E-state index in [1.807, 2.05) is 35.0 Å². The number of imidazole rings is 1. The number of nitrogens with zero attached hydrogens (tertiary/aromatic N) is 3. The van der Waals surface area contributed by atoms with Crippen LogP contribution in [0.15, 0.2) is 66.2 Å². The zero-order valence-electron chi connectivity index (χ0n) is 13.0.